The van der Waals surface area contributed by atoms with E-state index >= 15 is 0 Å². The average molecular weight is 209 g/mol. The standard InChI is InChI=1S/C9H15N5O/c1-7-9(8(2)14(3)12-7)15-6-4-5-11-13-10/h4-6H2,1-3H3. The second-order valence-corrected chi connectivity index (χ2v) is 3.28. The summed E-state index contributed by atoms with van der Waals surface area (Å²) in [5.74, 6) is 0.832. The maximum absolute atomic E-state index is 8.08. The number of hydrogen-bond donors (Lipinski definition) is 0. The molecule has 0 radical (unpaired) electrons. The Bertz CT molecular complexity index is 378. The summed E-state index contributed by atoms with van der Waals surface area (Å²) in [6.45, 7) is 4.89. The predicted molar refractivity (Wildman–Crippen MR) is 56.8 cm³/mol. The minimum Gasteiger partial charge on any atom is -0.490 e. The van der Waals surface area contributed by atoms with Gasteiger partial charge in [0.25, 0.3) is 0 Å². The van der Waals surface area contributed by atoms with Gasteiger partial charge in [-0.15, -0.1) is 0 Å². The number of hydrogen-bond acceptors (Lipinski definition) is 3. The first-order valence-electron chi connectivity index (χ1n) is 4.80. The quantitative estimate of drug-likeness (QED) is 0.322. The van der Waals surface area contributed by atoms with Crippen molar-refractivity contribution in [2.75, 3.05) is 13.2 Å². The van der Waals surface area contributed by atoms with Crippen molar-refractivity contribution in [3.8, 4) is 5.75 Å². The van der Waals surface area contributed by atoms with Crippen molar-refractivity contribution in [1.29, 1.82) is 0 Å². The highest BCUT2D eigenvalue weighted by Gasteiger charge is 2.09. The number of azide groups is 1. The van der Waals surface area contributed by atoms with Crippen LogP contribution in [0.1, 0.15) is 17.8 Å². The van der Waals surface area contributed by atoms with E-state index in [-0.39, 0.29) is 0 Å². The van der Waals surface area contributed by atoms with Crippen molar-refractivity contribution < 1.29 is 4.74 Å². The number of nitrogens with zero attached hydrogens (tertiary/aromatic N) is 5. The zero-order valence-electron chi connectivity index (χ0n) is 9.27. The first kappa shape index (κ1) is 11.4. The van der Waals surface area contributed by atoms with E-state index in [0.29, 0.717) is 13.2 Å². The third-order valence-corrected chi connectivity index (χ3v) is 2.15. The third-order valence-electron chi connectivity index (χ3n) is 2.15. The molecule has 6 nitrogen and oxygen atoms in total. The molecule has 0 fully saturated rings. The molecule has 0 aliphatic carbocycles. The van der Waals surface area contributed by atoms with Gasteiger partial charge in [0.15, 0.2) is 5.75 Å². The maximum atomic E-state index is 8.08. The van der Waals surface area contributed by atoms with Gasteiger partial charge in [-0.25, -0.2) is 0 Å². The van der Waals surface area contributed by atoms with Crippen LogP contribution < -0.4 is 4.74 Å². The van der Waals surface area contributed by atoms with E-state index in [1.54, 1.807) is 4.68 Å². The molecule has 1 aromatic heterocycles. The summed E-state index contributed by atoms with van der Waals surface area (Å²) in [5.41, 5.74) is 9.98. The summed E-state index contributed by atoms with van der Waals surface area (Å²) in [7, 11) is 1.88. The lowest BCUT2D eigenvalue weighted by molar-refractivity contribution is 0.309. The Balaban J connectivity index is 2.47. The Hall–Kier alpha value is -1.68. The summed E-state index contributed by atoms with van der Waals surface area (Å²) in [6, 6.07) is 0. The van der Waals surface area contributed by atoms with Crippen LogP contribution in [0.3, 0.4) is 0 Å². The van der Waals surface area contributed by atoms with Gasteiger partial charge in [0.05, 0.1) is 12.3 Å². The van der Waals surface area contributed by atoms with Crippen LogP contribution in [0.2, 0.25) is 0 Å². The van der Waals surface area contributed by atoms with Gasteiger partial charge in [-0.2, -0.15) is 5.10 Å². The lowest BCUT2D eigenvalue weighted by atomic mass is 10.3. The van der Waals surface area contributed by atoms with E-state index in [4.69, 9.17) is 10.3 Å². The molecular formula is C9H15N5O. The number of aryl methyl sites for hydroxylation is 2. The smallest absolute Gasteiger partial charge is 0.162 e. The highest BCUT2D eigenvalue weighted by molar-refractivity contribution is 5.31. The summed E-state index contributed by atoms with van der Waals surface area (Å²) < 4.78 is 7.36. The summed E-state index contributed by atoms with van der Waals surface area (Å²) >= 11 is 0. The largest absolute Gasteiger partial charge is 0.490 e. The highest BCUT2D eigenvalue weighted by atomic mass is 16.5. The van der Waals surface area contributed by atoms with E-state index in [0.717, 1.165) is 23.6 Å². The summed E-state index contributed by atoms with van der Waals surface area (Å²) in [6.07, 6.45) is 0.720. The zero-order chi connectivity index (χ0) is 11.3. The van der Waals surface area contributed by atoms with Crippen LogP contribution in [-0.4, -0.2) is 22.9 Å². The van der Waals surface area contributed by atoms with Gasteiger partial charge in [-0.05, 0) is 25.8 Å². The fraction of sp³-hybridized carbons (Fsp3) is 0.667. The summed E-state index contributed by atoms with van der Waals surface area (Å²) in [5, 5.41) is 7.67. The Morgan fingerprint density at radius 1 is 1.53 bits per heavy atom. The first-order chi connectivity index (χ1) is 7.16. The summed E-state index contributed by atoms with van der Waals surface area (Å²) in [4.78, 5) is 2.67. The topological polar surface area (TPSA) is 75.8 Å². The molecule has 1 rings (SSSR count). The van der Waals surface area contributed by atoms with Gasteiger partial charge in [0.2, 0.25) is 0 Å². The van der Waals surface area contributed by atoms with Crippen LogP contribution in [-0.2, 0) is 7.05 Å². The van der Waals surface area contributed by atoms with Gasteiger partial charge in [0.1, 0.15) is 5.69 Å². The van der Waals surface area contributed by atoms with E-state index in [2.05, 4.69) is 15.1 Å². The zero-order valence-corrected chi connectivity index (χ0v) is 9.27. The molecule has 0 saturated carbocycles. The van der Waals surface area contributed by atoms with E-state index in [1.165, 1.54) is 0 Å². The lowest BCUT2D eigenvalue weighted by Crippen LogP contribution is -2.00. The van der Waals surface area contributed by atoms with Gasteiger partial charge < -0.3 is 4.74 Å². The molecule has 0 bridgehead atoms. The molecule has 0 saturated heterocycles. The normalized spacial score (nSPS) is 9.80. The van der Waals surface area contributed by atoms with E-state index < -0.39 is 0 Å². The SMILES string of the molecule is Cc1nn(C)c(C)c1OCCCN=[N+]=[N-]. The molecule has 0 amide bonds. The molecule has 0 unspecified atom stereocenters. The van der Waals surface area contributed by atoms with Crippen LogP contribution >= 0.6 is 0 Å². The lowest BCUT2D eigenvalue weighted by Gasteiger charge is -2.04. The Kier molecular flexibility index (Phi) is 4.00. The van der Waals surface area contributed by atoms with Crippen LogP contribution in [0.15, 0.2) is 5.11 Å². The predicted octanol–water partition coefficient (Wildman–Crippen LogP) is 2.12. The molecule has 1 aromatic rings. The molecule has 0 N–H and O–H groups in total. The Morgan fingerprint density at radius 2 is 2.27 bits per heavy atom. The molecule has 15 heavy (non-hydrogen) atoms. The monoisotopic (exact) mass is 209 g/mol. The average Bonchev–Trinajstić information content (AvgIpc) is 2.44. The fourth-order valence-electron chi connectivity index (χ4n) is 1.32. The van der Waals surface area contributed by atoms with Crippen molar-refractivity contribution in [2.24, 2.45) is 12.2 Å². The van der Waals surface area contributed by atoms with Crippen LogP contribution in [0.5, 0.6) is 5.75 Å². The molecule has 0 aliphatic heterocycles. The molecular weight excluding hydrogens is 194 g/mol. The maximum Gasteiger partial charge on any atom is 0.162 e. The molecule has 1 heterocycles. The number of aromatic nitrogens is 2. The van der Waals surface area contributed by atoms with E-state index in [1.807, 2.05) is 20.9 Å². The second kappa shape index (κ2) is 5.26. The Morgan fingerprint density at radius 3 is 2.80 bits per heavy atom. The molecule has 0 aliphatic rings. The first-order valence-corrected chi connectivity index (χ1v) is 4.80. The minimum absolute atomic E-state index is 0.467. The van der Waals surface area contributed by atoms with Crippen molar-refractivity contribution >= 4 is 0 Å². The van der Waals surface area contributed by atoms with Gasteiger partial charge in [-0.1, -0.05) is 5.11 Å². The van der Waals surface area contributed by atoms with Crippen LogP contribution in [0.4, 0.5) is 0 Å². The second-order valence-electron chi connectivity index (χ2n) is 3.28. The van der Waals surface area contributed by atoms with Gasteiger partial charge in [0, 0.05) is 18.5 Å². The van der Waals surface area contributed by atoms with Gasteiger partial charge in [-0.3, -0.25) is 4.68 Å². The van der Waals surface area contributed by atoms with Crippen molar-refractivity contribution in [3.05, 3.63) is 21.8 Å². The third kappa shape index (κ3) is 2.89. The van der Waals surface area contributed by atoms with Crippen LogP contribution in [0, 0.1) is 13.8 Å². The Labute approximate surface area is 88.5 Å². The van der Waals surface area contributed by atoms with Crippen molar-refractivity contribution in [2.45, 2.75) is 20.3 Å². The molecule has 0 aromatic carbocycles. The van der Waals surface area contributed by atoms with Gasteiger partial charge >= 0.3 is 0 Å². The highest BCUT2D eigenvalue weighted by Crippen LogP contribution is 2.21. The fourth-order valence-corrected chi connectivity index (χ4v) is 1.32. The van der Waals surface area contributed by atoms with Crippen LogP contribution in [0.25, 0.3) is 10.4 Å². The molecule has 0 atom stereocenters. The number of rotatable bonds is 5. The molecule has 6 heteroatoms. The molecule has 82 valence electrons. The van der Waals surface area contributed by atoms with Crippen molar-refractivity contribution in [3.63, 3.8) is 0 Å². The minimum atomic E-state index is 0.467. The number of ether oxygens (including phenoxy) is 1. The van der Waals surface area contributed by atoms with Crippen molar-refractivity contribution in [1.82, 2.24) is 9.78 Å². The van der Waals surface area contributed by atoms with E-state index in [9.17, 15) is 0 Å². The molecule has 0 spiro atoms.